The monoisotopic (exact) mass is 490 g/mol. The second-order valence-corrected chi connectivity index (χ2v) is 7.85. The first kappa shape index (κ1) is 23.0. The molecule has 4 nitrogen and oxygen atoms in total. The maximum atomic E-state index is 13.9. The molecule has 0 amide bonds. The molecule has 5 aromatic carbocycles. The van der Waals surface area contributed by atoms with Gasteiger partial charge in [0.2, 0.25) is 0 Å². The van der Waals surface area contributed by atoms with Crippen LogP contribution in [0.2, 0.25) is 0 Å². The number of hydrogen-bond donors (Lipinski definition) is 0. The molecule has 178 valence electrons. The number of esters is 2. The topological polar surface area (TPSA) is 52.6 Å². The van der Waals surface area contributed by atoms with Gasteiger partial charge in [0.05, 0.1) is 11.1 Å². The molecule has 0 aromatic heterocycles. The van der Waals surface area contributed by atoms with Gasteiger partial charge in [-0.2, -0.15) is 0 Å². The molecular formula is C28H14F4O4. The van der Waals surface area contributed by atoms with Gasteiger partial charge >= 0.3 is 11.9 Å². The molecule has 8 heteroatoms. The van der Waals surface area contributed by atoms with E-state index in [4.69, 9.17) is 9.47 Å². The molecule has 0 atom stereocenters. The molecule has 0 N–H and O–H groups in total. The highest BCUT2D eigenvalue weighted by molar-refractivity contribution is 6.00. The summed E-state index contributed by atoms with van der Waals surface area (Å²) in [5, 5.41) is 2.89. The summed E-state index contributed by atoms with van der Waals surface area (Å²) in [4.78, 5) is 24.6. The molecule has 0 bridgehead atoms. The lowest BCUT2D eigenvalue weighted by Gasteiger charge is -2.09. The van der Waals surface area contributed by atoms with Gasteiger partial charge in [0.15, 0.2) is 23.3 Å². The van der Waals surface area contributed by atoms with Crippen molar-refractivity contribution in [2.45, 2.75) is 0 Å². The maximum absolute atomic E-state index is 13.9. The molecule has 0 saturated carbocycles. The summed E-state index contributed by atoms with van der Waals surface area (Å²) in [6, 6.07) is 19.5. The van der Waals surface area contributed by atoms with Crippen molar-refractivity contribution in [1.82, 2.24) is 0 Å². The first-order chi connectivity index (χ1) is 17.3. The van der Waals surface area contributed by atoms with Gasteiger partial charge < -0.3 is 9.47 Å². The van der Waals surface area contributed by atoms with Crippen molar-refractivity contribution in [1.29, 1.82) is 0 Å². The smallest absolute Gasteiger partial charge is 0.346 e. The van der Waals surface area contributed by atoms with Crippen molar-refractivity contribution in [3.05, 3.63) is 119 Å². The van der Waals surface area contributed by atoms with Crippen LogP contribution in [0.4, 0.5) is 17.6 Å². The fourth-order valence-electron chi connectivity index (χ4n) is 3.73. The number of rotatable bonds is 4. The summed E-state index contributed by atoms with van der Waals surface area (Å²) < 4.78 is 65.0. The first-order valence-electron chi connectivity index (χ1n) is 10.6. The Labute approximate surface area is 201 Å². The molecule has 0 radical (unpaired) electrons. The van der Waals surface area contributed by atoms with Crippen molar-refractivity contribution in [3.63, 3.8) is 0 Å². The van der Waals surface area contributed by atoms with Crippen molar-refractivity contribution in [2.75, 3.05) is 0 Å². The number of fused-ring (bicyclic) bond motifs is 2. The number of halogens is 4. The van der Waals surface area contributed by atoms with Crippen molar-refractivity contribution in [2.24, 2.45) is 0 Å². The predicted octanol–water partition coefficient (Wildman–Crippen LogP) is 6.99. The van der Waals surface area contributed by atoms with E-state index in [-0.39, 0.29) is 11.5 Å². The fourth-order valence-corrected chi connectivity index (χ4v) is 3.73. The Morgan fingerprint density at radius 2 is 0.917 bits per heavy atom. The molecule has 5 rings (SSSR count). The van der Waals surface area contributed by atoms with Crippen LogP contribution >= 0.6 is 0 Å². The van der Waals surface area contributed by atoms with Crippen LogP contribution in [0.25, 0.3) is 21.5 Å². The second-order valence-electron chi connectivity index (χ2n) is 7.85. The summed E-state index contributed by atoms with van der Waals surface area (Å²) in [6.45, 7) is 0. The number of ether oxygens (including phenoxy) is 2. The average Bonchev–Trinajstić information content (AvgIpc) is 2.86. The molecular weight excluding hydrogens is 476 g/mol. The van der Waals surface area contributed by atoms with E-state index in [0.29, 0.717) is 10.8 Å². The van der Waals surface area contributed by atoms with E-state index >= 15 is 0 Å². The number of hydrogen-bond acceptors (Lipinski definition) is 4. The Kier molecular flexibility index (Phi) is 5.85. The van der Waals surface area contributed by atoms with Gasteiger partial charge in [0.25, 0.3) is 0 Å². The predicted molar refractivity (Wildman–Crippen MR) is 124 cm³/mol. The van der Waals surface area contributed by atoms with Crippen LogP contribution in [0.15, 0.2) is 84.9 Å². The Hall–Kier alpha value is -4.72. The zero-order chi connectivity index (χ0) is 25.4. The summed E-state index contributed by atoms with van der Waals surface area (Å²) >= 11 is 0. The molecule has 0 aliphatic rings. The van der Waals surface area contributed by atoms with Gasteiger partial charge in [-0.1, -0.05) is 24.3 Å². The van der Waals surface area contributed by atoms with Crippen molar-refractivity contribution in [3.8, 4) is 11.5 Å². The highest BCUT2D eigenvalue weighted by atomic mass is 19.2. The van der Waals surface area contributed by atoms with E-state index in [9.17, 15) is 27.2 Å². The van der Waals surface area contributed by atoms with Crippen LogP contribution in [0.1, 0.15) is 20.7 Å². The minimum atomic E-state index is -1.29. The van der Waals surface area contributed by atoms with Crippen LogP contribution < -0.4 is 9.47 Å². The molecule has 0 aliphatic carbocycles. The zero-order valence-electron chi connectivity index (χ0n) is 18.2. The molecule has 36 heavy (non-hydrogen) atoms. The normalized spacial score (nSPS) is 11.0. The molecule has 0 aliphatic heterocycles. The minimum Gasteiger partial charge on any atom is -0.423 e. The second kappa shape index (κ2) is 9.14. The summed E-state index contributed by atoms with van der Waals surface area (Å²) in [6.07, 6.45) is 0. The maximum Gasteiger partial charge on any atom is 0.346 e. The molecule has 0 heterocycles. The van der Waals surface area contributed by atoms with Crippen LogP contribution in [0, 0.1) is 23.3 Å². The summed E-state index contributed by atoms with van der Waals surface area (Å²) in [5.41, 5.74) is -1.04. The van der Waals surface area contributed by atoms with Crippen molar-refractivity contribution >= 4 is 33.5 Å². The van der Waals surface area contributed by atoms with E-state index in [2.05, 4.69) is 0 Å². The Morgan fingerprint density at radius 1 is 0.500 bits per heavy atom. The van der Waals surface area contributed by atoms with Gasteiger partial charge in [0.1, 0.15) is 11.5 Å². The zero-order valence-corrected chi connectivity index (χ0v) is 18.2. The Bertz CT molecular complexity index is 1560. The number of carbonyl (C=O) groups is 2. The molecule has 0 spiro atoms. The van der Waals surface area contributed by atoms with Gasteiger partial charge in [-0.25, -0.2) is 27.2 Å². The molecule has 5 aromatic rings. The molecule has 0 saturated heterocycles. The Balaban J connectivity index is 1.40. The highest BCUT2D eigenvalue weighted by Crippen LogP contribution is 2.29. The van der Waals surface area contributed by atoms with Crippen LogP contribution in [-0.2, 0) is 0 Å². The largest absolute Gasteiger partial charge is 0.423 e. The third kappa shape index (κ3) is 4.36. The molecule has 0 unspecified atom stereocenters. The first-order valence-corrected chi connectivity index (χ1v) is 10.6. The van der Waals surface area contributed by atoms with E-state index < -0.39 is 46.3 Å². The lowest BCUT2D eigenvalue weighted by molar-refractivity contribution is 0.0719. The lowest BCUT2D eigenvalue weighted by Crippen LogP contribution is -2.11. The molecule has 0 fully saturated rings. The summed E-state index contributed by atoms with van der Waals surface area (Å²) in [7, 11) is 0. The minimum absolute atomic E-state index is 0.137. The van der Waals surface area contributed by atoms with E-state index in [1.165, 1.54) is 24.3 Å². The fraction of sp³-hybridized carbons (Fsp3) is 0. The average molecular weight is 490 g/mol. The van der Waals surface area contributed by atoms with E-state index in [0.717, 1.165) is 35.0 Å². The third-order valence-electron chi connectivity index (χ3n) is 5.50. The van der Waals surface area contributed by atoms with Crippen LogP contribution in [0.5, 0.6) is 11.5 Å². The third-order valence-corrected chi connectivity index (χ3v) is 5.50. The lowest BCUT2D eigenvalue weighted by atomic mass is 10.0. The van der Waals surface area contributed by atoms with Gasteiger partial charge in [-0.15, -0.1) is 0 Å². The van der Waals surface area contributed by atoms with Crippen LogP contribution in [-0.4, -0.2) is 11.9 Å². The highest BCUT2D eigenvalue weighted by Gasteiger charge is 2.18. The summed E-state index contributed by atoms with van der Waals surface area (Å²) in [5.74, 6) is -6.67. The van der Waals surface area contributed by atoms with Gasteiger partial charge in [-0.05, 0) is 82.2 Å². The quantitative estimate of drug-likeness (QED) is 0.118. The SMILES string of the molecule is O=C(Oc1ccc2cc3cc(OC(=O)c4cccc(F)c4F)ccc3cc2c1)c1cccc(F)c1F. The Morgan fingerprint density at radius 3 is 1.33 bits per heavy atom. The van der Waals surface area contributed by atoms with Crippen LogP contribution in [0.3, 0.4) is 0 Å². The standard InChI is InChI=1S/C28H14F4O4/c29-23-5-1-3-21(25(23)31)27(33)35-19-9-7-15-12-18-14-20(10-8-16(18)11-17(15)13-19)36-28(34)22-4-2-6-24(30)26(22)32/h1-14H. The van der Waals surface area contributed by atoms with Gasteiger partial charge in [0, 0.05) is 0 Å². The number of benzene rings is 5. The van der Waals surface area contributed by atoms with E-state index in [1.807, 2.05) is 0 Å². The number of carbonyl (C=O) groups excluding carboxylic acids is 2. The van der Waals surface area contributed by atoms with E-state index in [1.54, 1.807) is 36.4 Å². The van der Waals surface area contributed by atoms with Crippen molar-refractivity contribution < 1.29 is 36.6 Å². The van der Waals surface area contributed by atoms with Gasteiger partial charge in [-0.3, -0.25) is 0 Å².